The van der Waals surface area contributed by atoms with Crippen molar-refractivity contribution in [1.82, 2.24) is 5.32 Å². The lowest BCUT2D eigenvalue weighted by Gasteiger charge is -2.44. The standard InChI is InChI=1S/C13H25NO5/c1-7(2)19-10-5-9(6-15)13(18-4)12(17)11(10)14-8(3)16/h7,9-13,15,17H,5-6H2,1-4H3,(H,14,16)/t9?,10-,11?,12-,13-/m1/s1. The summed E-state index contributed by atoms with van der Waals surface area (Å²) in [6, 6.07) is -0.521. The second-order valence-corrected chi connectivity index (χ2v) is 5.32. The van der Waals surface area contributed by atoms with E-state index >= 15 is 0 Å². The van der Waals surface area contributed by atoms with E-state index in [0.29, 0.717) is 6.42 Å². The quantitative estimate of drug-likeness (QED) is 0.639. The summed E-state index contributed by atoms with van der Waals surface area (Å²) < 4.78 is 11.0. The average molecular weight is 275 g/mol. The van der Waals surface area contributed by atoms with Gasteiger partial charge in [-0.25, -0.2) is 0 Å². The van der Waals surface area contributed by atoms with Gasteiger partial charge in [0.15, 0.2) is 0 Å². The van der Waals surface area contributed by atoms with Crippen LogP contribution in [0.25, 0.3) is 0 Å². The Labute approximate surface area is 114 Å². The molecule has 1 aliphatic rings. The highest BCUT2D eigenvalue weighted by atomic mass is 16.5. The number of aliphatic hydroxyl groups excluding tert-OH is 2. The lowest BCUT2D eigenvalue weighted by molar-refractivity contribution is -0.156. The summed E-state index contributed by atoms with van der Waals surface area (Å²) in [7, 11) is 1.49. The molecule has 0 aliphatic heterocycles. The van der Waals surface area contributed by atoms with Crippen molar-refractivity contribution >= 4 is 5.91 Å². The zero-order valence-corrected chi connectivity index (χ0v) is 12.0. The summed E-state index contributed by atoms with van der Waals surface area (Å²) in [6.45, 7) is 5.11. The fraction of sp³-hybridized carbons (Fsp3) is 0.923. The number of nitrogens with one attached hydrogen (secondary N) is 1. The zero-order valence-electron chi connectivity index (χ0n) is 12.0. The SMILES string of the molecule is CO[C@@H]1C(CO)C[C@@H](OC(C)C)C(NC(C)=O)[C@H]1O. The third kappa shape index (κ3) is 4.14. The summed E-state index contributed by atoms with van der Waals surface area (Å²) in [6.07, 6.45) is -1.22. The van der Waals surface area contributed by atoms with Crippen LogP contribution in [-0.2, 0) is 14.3 Å². The summed E-state index contributed by atoms with van der Waals surface area (Å²) >= 11 is 0. The highest BCUT2D eigenvalue weighted by Gasteiger charge is 2.45. The number of amides is 1. The van der Waals surface area contributed by atoms with E-state index in [1.54, 1.807) is 0 Å². The van der Waals surface area contributed by atoms with Crippen molar-refractivity contribution in [2.24, 2.45) is 5.92 Å². The van der Waals surface area contributed by atoms with E-state index in [-0.39, 0.29) is 30.6 Å². The molecule has 1 amide bonds. The van der Waals surface area contributed by atoms with Gasteiger partial charge in [-0.1, -0.05) is 0 Å². The van der Waals surface area contributed by atoms with Gasteiger partial charge >= 0.3 is 0 Å². The Bertz CT molecular complexity index is 297. The number of aliphatic hydroxyl groups is 2. The van der Waals surface area contributed by atoms with Crippen LogP contribution in [0.2, 0.25) is 0 Å². The molecule has 0 radical (unpaired) electrons. The van der Waals surface area contributed by atoms with Crippen LogP contribution in [0.3, 0.4) is 0 Å². The van der Waals surface area contributed by atoms with Crippen molar-refractivity contribution in [3.63, 3.8) is 0 Å². The minimum Gasteiger partial charge on any atom is -0.396 e. The molecular formula is C13H25NO5. The van der Waals surface area contributed by atoms with E-state index in [9.17, 15) is 15.0 Å². The highest BCUT2D eigenvalue weighted by molar-refractivity contribution is 5.73. The Morgan fingerprint density at radius 1 is 1.47 bits per heavy atom. The molecule has 2 unspecified atom stereocenters. The average Bonchev–Trinajstić information content (AvgIpc) is 2.32. The van der Waals surface area contributed by atoms with E-state index in [1.165, 1.54) is 14.0 Å². The number of methoxy groups -OCH3 is 1. The predicted octanol–water partition coefficient (Wildman–Crippen LogP) is -0.327. The molecule has 0 saturated heterocycles. The number of carbonyl (C=O) groups excluding carboxylic acids is 1. The maximum atomic E-state index is 11.3. The van der Waals surface area contributed by atoms with E-state index < -0.39 is 18.2 Å². The van der Waals surface area contributed by atoms with Crippen LogP contribution >= 0.6 is 0 Å². The summed E-state index contributed by atoms with van der Waals surface area (Å²) in [5.41, 5.74) is 0. The second kappa shape index (κ2) is 7.19. The molecule has 0 aromatic carbocycles. The first-order valence-corrected chi connectivity index (χ1v) is 6.65. The Kier molecular flexibility index (Phi) is 6.19. The summed E-state index contributed by atoms with van der Waals surface area (Å²) in [5, 5.41) is 22.4. The fourth-order valence-corrected chi connectivity index (χ4v) is 2.70. The number of hydrogen-bond acceptors (Lipinski definition) is 5. The molecular weight excluding hydrogens is 250 g/mol. The minimum atomic E-state index is -0.899. The topological polar surface area (TPSA) is 88.0 Å². The lowest BCUT2D eigenvalue weighted by Crippen LogP contribution is -2.62. The van der Waals surface area contributed by atoms with E-state index in [4.69, 9.17) is 9.47 Å². The molecule has 5 atom stereocenters. The fourth-order valence-electron chi connectivity index (χ4n) is 2.70. The van der Waals surface area contributed by atoms with Gasteiger partial charge < -0.3 is 25.0 Å². The maximum Gasteiger partial charge on any atom is 0.217 e. The van der Waals surface area contributed by atoms with Crippen LogP contribution in [0.4, 0.5) is 0 Å². The molecule has 1 saturated carbocycles. The number of rotatable bonds is 5. The molecule has 1 aliphatic carbocycles. The maximum absolute atomic E-state index is 11.3. The molecule has 19 heavy (non-hydrogen) atoms. The van der Waals surface area contributed by atoms with Crippen LogP contribution in [-0.4, -0.2) is 60.3 Å². The van der Waals surface area contributed by atoms with Crippen molar-refractivity contribution in [2.75, 3.05) is 13.7 Å². The molecule has 1 rings (SSSR count). The van der Waals surface area contributed by atoms with Crippen molar-refractivity contribution < 1.29 is 24.5 Å². The van der Waals surface area contributed by atoms with Gasteiger partial charge in [0.2, 0.25) is 5.91 Å². The molecule has 3 N–H and O–H groups in total. The van der Waals surface area contributed by atoms with Gasteiger partial charge in [0.05, 0.1) is 24.4 Å². The molecule has 112 valence electrons. The van der Waals surface area contributed by atoms with Gasteiger partial charge in [-0.3, -0.25) is 4.79 Å². The largest absolute Gasteiger partial charge is 0.396 e. The second-order valence-electron chi connectivity index (χ2n) is 5.32. The van der Waals surface area contributed by atoms with Gasteiger partial charge in [-0.05, 0) is 20.3 Å². The van der Waals surface area contributed by atoms with Gasteiger partial charge in [0, 0.05) is 26.6 Å². The summed E-state index contributed by atoms with van der Waals surface area (Å²) in [4.78, 5) is 11.3. The third-order valence-electron chi connectivity index (χ3n) is 3.43. The van der Waals surface area contributed by atoms with E-state index in [1.807, 2.05) is 13.8 Å². The summed E-state index contributed by atoms with van der Waals surface area (Å²) in [5.74, 6) is -0.424. The Hall–Kier alpha value is -0.690. The normalized spacial score (nSPS) is 35.4. The first kappa shape index (κ1) is 16.4. The molecule has 0 heterocycles. The molecule has 0 bridgehead atoms. The molecule has 0 spiro atoms. The molecule has 6 nitrogen and oxygen atoms in total. The van der Waals surface area contributed by atoms with Crippen molar-refractivity contribution in [3.8, 4) is 0 Å². The number of hydrogen-bond donors (Lipinski definition) is 3. The Morgan fingerprint density at radius 2 is 2.11 bits per heavy atom. The number of carbonyl (C=O) groups is 1. The van der Waals surface area contributed by atoms with Crippen molar-refractivity contribution in [1.29, 1.82) is 0 Å². The van der Waals surface area contributed by atoms with Crippen LogP contribution in [0, 0.1) is 5.92 Å². The molecule has 0 aromatic heterocycles. The lowest BCUT2D eigenvalue weighted by atomic mass is 9.79. The molecule has 1 fully saturated rings. The first-order valence-electron chi connectivity index (χ1n) is 6.65. The van der Waals surface area contributed by atoms with Gasteiger partial charge in [0.25, 0.3) is 0 Å². The molecule has 6 heteroatoms. The van der Waals surface area contributed by atoms with Crippen LogP contribution in [0.1, 0.15) is 27.2 Å². The Balaban J connectivity index is 2.89. The van der Waals surface area contributed by atoms with E-state index in [2.05, 4.69) is 5.32 Å². The van der Waals surface area contributed by atoms with Crippen LogP contribution in [0.15, 0.2) is 0 Å². The van der Waals surface area contributed by atoms with Crippen molar-refractivity contribution in [2.45, 2.75) is 57.6 Å². The molecule has 0 aromatic rings. The monoisotopic (exact) mass is 275 g/mol. The van der Waals surface area contributed by atoms with E-state index in [0.717, 1.165) is 0 Å². The van der Waals surface area contributed by atoms with Gasteiger partial charge in [0.1, 0.15) is 6.10 Å². The number of ether oxygens (including phenoxy) is 2. The minimum absolute atomic E-state index is 0.0214. The predicted molar refractivity (Wildman–Crippen MR) is 69.6 cm³/mol. The highest BCUT2D eigenvalue weighted by Crippen LogP contribution is 2.30. The third-order valence-corrected chi connectivity index (χ3v) is 3.43. The zero-order chi connectivity index (χ0) is 14.6. The van der Waals surface area contributed by atoms with Crippen LogP contribution < -0.4 is 5.32 Å². The Morgan fingerprint density at radius 3 is 2.53 bits per heavy atom. The first-order chi connectivity index (χ1) is 8.90. The van der Waals surface area contributed by atoms with Crippen molar-refractivity contribution in [3.05, 3.63) is 0 Å². The van der Waals surface area contributed by atoms with Gasteiger partial charge in [-0.15, -0.1) is 0 Å². The van der Waals surface area contributed by atoms with Gasteiger partial charge in [-0.2, -0.15) is 0 Å². The van der Waals surface area contributed by atoms with Crippen LogP contribution in [0.5, 0.6) is 0 Å². The smallest absolute Gasteiger partial charge is 0.217 e.